The number of amides is 3. The Morgan fingerprint density at radius 2 is 1.60 bits per heavy atom. The predicted octanol–water partition coefficient (Wildman–Crippen LogP) is 3.62. The Kier molecular flexibility index (Phi) is 6.12. The summed E-state index contributed by atoms with van der Waals surface area (Å²) < 4.78 is 0. The van der Waals surface area contributed by atoms with Crippen molar-refractivity contribution in [3.8, 4) is 0 Å². The normalized spacial score (nSPS) is 16.6. The lowest BCUT2D eigenvalue weighted by Crippen LogP contribution is -2.36. The Bertz CT molecular complexity index is 933. The van der Waals surface area contributed by atoms with Crippen LogP contribution in [0.4, 0.5) is 11.4 Å². The molecular formula is C24H27N3O3. The molecule has 6 nitrogen and oxygen atoms in total. The standard InChI is InChI=1S/C24H27N3O3/c28-22(17-18-10-12-19(13-11-18)27-16-6-9-23(27)29)25-21-8-3-2-7-20(21)24(30)26-14-4-1-5-15-26/h2-3,7-8,10-13H,1,4-6,9,14-17H2,(H,25,28). The van der Waals surface area contributed by atoms with Crippen LogP contribution < -0.4 is 10.2 Å². The van der Waals surface area contributed by atoms with E-state index >= 15 is 0 Å². The van der Waals surface area contributed by atoms with E-state index in [1.165, 1.54) is 0 Å². The van der Waals surface area contributed by atoms with Gasteiger partial charge in [-0.1, -0.05) is 24.3 Å². The number of anilines is 2. The molecule has 2 aliphatic heterocycles. The molecule has 2 aliphatic rings. The largest absolute Gasteiger partial charge is 0.339 e. The maximum atomic E-state index is 12.9. The summed E-state index contributed by atoms with van der Waals surface area (Å²) in [5.74, 6) is -0.0420. The van der Waals surface area contributed by atoms with E-state index in [4.69, 9.17) is 0 Å². The van der Waals surface area contributed by atoms with Gasteiger partial charge in [0, 0.05) is 31.7 Å². The van der Waals surface area contributed by atoms with Crippen LogP contribution in [0.15, 0.2) is 48.5 Å². The SMILES string of the molecule is O=C(Cc1ccc(N2CCCC2=O)cc1)Nc1ccccc1C(=O)N1CCCCC1. The van der Waals surface area contributed by atoms with E-state index in [9.17, 15) is 14.4 Å². The highest BCUT2D eigenvalue weighted by Crippen LogP contribution is 2.23. The number of nitrogens with zero attached hydrogens (tertiary/aromatic N) is 2. The smallest absolute Gasteiger partial charge is 0.255 e. The second kappa shape index (κ2) is 9.11. The third-order valence-corrected chi connectivity index (χ3v) is 5.76. The monoisotopic (exact) mass is 405 g/mol. The van der Waals surface area contributed by atoms with Crippen LogP contribution >= 0.6 is 0 Å². The second-order valence-electron chi connectivity index (χ2n) is 7.94. The second-order valence-corrected chi connectivity index (χ2v) is 7.94. The number of carbonyl (C=O) groups is 3. The third-order valence-electron chi connectivity index (χ3n) is 5.76. The number of para-hydroxylation sites is 1. The van der Waals surface area contributed by atoms with Crippen molar-refractivity contribution in [2.75, 3.05) is 29.9 Å². The molecule has 30 heavy (non-hydrogen) atoms. The van der Waals surface area contributed by atoms with Gasteiger partial charge < -0.3 is 15.1 Å². The molecule has 0 aromatic heterocycles. The summed E-state index contributed by atoms with van der Waals surface area (Å²) in [6.45, 7) is 2.29. The van der Waals surface area contributed by atoms with Crippen molar-refractivity contribution in [3.63, 3.8) is 0 Å². The maximum absolute atomic E-state index is 12.9. The van der Waals surface area contributed by atoms with Gasteiger partial charge >= 0.3 is 0 Å². The predicted molar refractivity (Wildman–Crippen MR) is 117 cm³/mol. The summed E-state index contributed by atoms with van der Waals surface area (Å²) in [5, 5.41) is 2.90. The number of carbonyl (C=O) groups excluding carboxylic acids is 3. The first-order valence-corrected chi connectivity index (χ1v) is 10.7. The van der Waals surface area contributed by atoms with Crippen LogP contribution in [0, 0.1) is 0 Å². The zero-order valence-corrected chi connectivity index (χ0v) is 17.1. The molecule has 0 bridgehead atoms. The Morgan fingerprint density at radius 1 is 0.867 bits per heavy atom. The number of piperidine rings is 1. The average molecular weight is 405 g/mol. The van der Waals surface area contributed by atoms with Crippen LogP contribution in [-0.2, 0) is 16.0 Å². The van der Waals surface area contributed by atoms with Crippen LogP contribution in [0.2, 0.25) is 0 Å². The fourth-order valence-corrected chi connectivity index (χ4v) is 4.14. The number of nitrogens with one attached hydrogen (secondary N) is 1. The average Bonchev–Trinajstić information content (AvgIpc) is 3.20. The Hall–Kier alpha value is -3.15. The summed E-state index contributed by atoms with van der Waals surface area (Å²) in [6.07, 6.45) is 4.91. The molecule has 2 fully saturated rings. The summed E-state index contributed by atoms with van der Waals surface area (Å²) in [5.41, 5.74) is 2.83. The third kappa shape index (κ3) is 4.53. The van der Waals surface area contributed by atoms with Gasteiger partial charge in [0.2, 0.25) is 11.8 Å². The Labute approximate surface area is 176 Å². The molecule has 2 aromatic carbocycles. The molecule has 2 saturated heterocycles. The van der Waals surface area contributed by atoms with Gasteiger partial charge in [-0.15, -0.1) is 0 Å². The molecule has 6 heteroatoms. The quantitative estimate of drug-likeness (QED) is 0.826. The lowest BCUT2D eigenvalue weighted by molar-refractivity contribution is -0.117. The van der Waals surface area contributed by atoms with E-state index in [1.54, 1.807) is 17.0 Å². The number of rotatable bonds is 5. The van der Waals surface area contributed by atoms with Crippen LogP contribution in [0.5, 0.6) is 0 Å². The molecule has 0 radical (unpaired) electrons. The van der Waals surface area contributed by atoms with Gasteiger partial charge in [-0.2, -0.15) is 0 Å². The van der Waals surface area contributed by atoms with Gasteiger partial charge in [-0.3, -0.25) is 14.4 Å². The van der Waals surface area contributed by atoms with E-state index in [0.717, 1.165) is 56.6 Å². The van der Waals surface area contributed by atoms with Crippen molar-refractivity contribution < 1.29 is 14.4 Å². The van der Waals surface area contributed by atoms with Gasteiger partial charge in [0.1, 0.15) is 0 Å². The van der Waals surface area contributed by atoms with E-state index in [-0.39, 0.29) is 24.1 Å². The lowest BCUT2D eigenvalue weighted by Gasteiger charge is -2.27. The molecule has 0 atom stereocenters. The first-order chi connectivity index (χ1) is 14.6. The number of benzene rings is 2. The minimum absolute atomic E-state index is 0.0229. The maximum Gasteiger partial charge on any atom is 0.255 e. The van der Waals surface area contributed by atoms with E-state index in [2.05, 4.69) is 5.32 Å². The molecule has 0 aliphatic carbocycles. The van der Waals surface area contributed by atoms with Crippen LogP contribution in [0.3, 0.4) is 0 Å². The van der Waals surface area contributed by atoms with Crippen molar-refractivity contribution in [1.82, 2.24) is 4.90 Å². The fraction of sp³-hybridized carbons (Fsp3) is 0.375. The molecule has 0 saturated carbocycles. The molecule has 0 spiro atoms. The molecule has 2 aromatic rings. The minimum Gasteiger partial charge on any atom is -0.339 e. The van der Waals surface area contributed by atoms with Crippen LogP contribution in [-0.4, -0.2) is 42.3 Å². The molecule has 3 amide bonds. The van der Waals surface area contributed by atoms with E-state index in [1.807, 2.05) is 41.3 Å². The van der Waals surface area contributed by atoms with Crippen LogP contribution in [0.1, 0.15) is 48.0 Å². The minimum atomic E-state index is -0.168. The topological polar surface area (TPSA) is 69.7 Å². The van der Waals surface area contributed by atoms with Crippen molar-refractivity contribution in [2.24, 2.45) is 0 Å². The highest BCUT2D eigenvalue weighted by atomic mass is 16.2. The highest BCUT2D eigenvalue weighted by Gasteiger charge is 2.22. The summed E-state index contributed by atoms with van der Waals surface area (Å²) >= 11 is 0. The molecule has 4 rings (SSSR count). The lowest BCUT2D eigenvalue weighted by atomic mass is 10.1. The Balaban J connectivity index is 1.40. The van der Waals surface area contributed by atoms with Crippen molar-refractivity contribution >= 4 is 29.1 Å². The van der Waals surface area contributed by atoms with E-state index < -0.39 is 0 Å². The van der Waals surface area contributed by atoms with Gasteiger partial charge in [-0.05, 0) is 55.5 Å². The van der Waals surface area contributed by atoms with E-state index in [0.29, 0.717) is 17.7 Å². The summed E-state index contributed by atoms with van der Waals surface area (Å²) in [4.78, 5) is 41.0. The van der Waals surface area contributed by atoms with Crippen molar-refractivity contribution in [2.45, 2.75) is 38.5 Å². The molecule has 1 N–H and O–H groups in total. The molecule has 156 valence electrons. The summed E-state index contributed by atoms with van der Waals surface area (Å²) in [7, 11) is 0. The molecule has 2 heterocycles. The molecule has 0 unspecified atom stereocenters. The zero-order chi connectivity index (χ0) is 20.9. The first kappa shape index (κ1) is 20.1. The van der Waals surface area contributed by atoms with Gasteiger partial charge in [-0.25, -0.2) is 0 Å². The molecular weight excluding hydrogens is 378 g/mol. The fourth-order valence-electron chi connectivity index (χ4n) is 4.14. The zero-order valence-electron chi connectivity index (χ0n) is 17.1. The summed E-state index contributed by atoms with van der Waals surface area (Å²) in [6, 6.07) is 14.7. The van der Waals surface area contributed by atoms with Crippen LogP contribution in [0.25, 0.3) is 0 Å². The van der Waals surface area contributed by atoms with Crippen molar-refractivity contribution in [3.05, 3.63) is 59.7 Å². The first-order valence-electron chi connectivity index (χ1n) is 10.7. The highest BCUT2D eigenvalue weighted by molar-refractivity contribution is 6.04. The van der Waals surface area contributed by atoms with Gasteiger partial charge in [0.25, 0.3) is 5.91 Å². The van der Waals surface area contributed by atoms with Gasteiger partial charge in [0.15, 0.2) is 0 Å². The number of likely N-dealkylation sites (tertiary alicyclic amines) is 1. The Morgan fingerprint density at radius 3 is 2.30 bits per heavy atom. The number of hydrogen-bond donors (Lipinski definition) is 1. The van der Waals surface area contributed by atoms with Crippen molar-refractivity contribution in [1.29, 1.82) is 0 Å². The van der Waals surface area contributed by atoms with Gasteiger partial charge in [0.05, 0.1) is 17.7 Å². The number of hydrogen-bond acceptors (Lipinski definition) is 3.